The van der Waals surface area contributed by atoms with E-state index in [-0.39, 0.29) is 6.03 Å². The number of methoxy groups -OCH3 is 1. The van der Waals surface area contributed by atoms with Gasteiger partial charge in [0, 0.05) is 11.4 Å². The first-order chi connectivity index (χ1) is 11.6. The predicted molar refractivity (Wildman–Crippen MR) is 95.3 cm³/mol. The van der Waals surface area contributed by atoms with Gasteiger partial charge in [-0.3, -0.25) is 0 Å². The van der Waals surface area contributed by atoms with Crippen LogP contribution >= 0.6 is 11.3 Å². The average Bonchev–Trinajstić information content (AvgIpc) is 3.05. The van der Waals surface area contributed by atoms with Crippen LogP contribution in [0.25, 0.3) is 11.1 Å². The summed E-state index contributed by atoms with van der Waals surface area (Å²) in [6, 6.07) is 9.74. The SMILES string of the molecule is COc1ccc(-c2csc(CNC(=O)NCC3(O)CCC3)c2)cc1. The molecular weight excluding hydrogens is 324 g/mol. The van der Waals surface area contributed by atoms with Gasteiger partial charge in [0.25, 0.3) is 0 Å². The van der Waals surface area contributed by atoms with Gasteiger partial charge in [-0.15, -0.1) is 11.3 Å². The summed E-state index contributed by atoms with van der Waals surface area (Å²) in [4.78, 5) is 12.9. The summed E-state index contributed by atoms with van der Waals surface area (Å²) in [6.45, 7) is 0.797. The van der Waals surface area contributed by atoms with E-state index in [1.807, 2.05) is 24.3 Å². The smallest absolute Gasteiger partial charge is 0.315 e. The van der Waals surface area contributed by atoms with Crippen molar-refractivity contribution in [3.63, 3.8) is 0 Å². The highest BCUT2D eigenvalue weighted by atomic mass is 32.1. The molecule has 0 unspecified atom stereocenters. The minimum Gasteiger partial charge on any atom is -0.497 e. The predicted octanol–water partition coefficient (Wildman–Crippen LogP) is 3.14. The Kier molecular flexibility index (Phi) is 5.06. The first-order valence-electron chi connectivity index (χ1n) is 8.04. The van der Waals surface area contributed by atoms with Crippen LogP contribution in [0.2, 0.25) is 0 Å². The molecule has 6 heteroatoms. The zero-order chi connectivity index (χ0) is 17.0. The quantitative estimate of drug-likeness (QED) is 0.752. The number of ether oxygens (including phenoxy) is 1. The van der Waals surface area contributed by atoms with E-state index in [1.165, 1.54) is 0 Å². The second kappa shape index (κ2) is 7.23. The summed E-state index contributed by atoms with van der Waals surface area (Å²) in [7, 11) is 1.65. The van der Waals surface area contributed by atoms with Crippen LogP contribution in [0.5, 0.6) is 5.75 Å². The van der Waals surface area contributed by atoms with Crippen LogP contribution in [0.4, 0.5) is 4.79 Å². The van der Waals surface area contributed by atoms with E-state index in [1.54, 1.807) is 18.4 Å². The number of rotatable bonds is 6. The van der Waals surface area contributed by atoms with E-state index in [2.05, 4.69) is 22.1 Å². The van der Waals surface area contributed by atoms with Crippen LogP contribution in [0, 0.1) is 0 Å². The highest BCUT2D eigenvalue weighted by Gasteiger charge is 2.34. The van der Waals surface area contributed by atoms with Crippen molar-refractivity contribution in [2.24, 2.45) is 0 Å². The van der Waals surface area contributed by atoms with Gasteiger partial charge in [0.2, 0.25) is 0 Å². The summed E-state index contributed by atoms with van der Waals surface area (Å²) >= 11 is 1.61. The van der Waals surface area contributed by atoms with Crippen molar-refractivity contribution < 1.29 is 14.6 Å². The molecule has 1 aliphatic carbocycles. The Balaban J connectivity index is 1.49. The van der Waals surface area contributed by atoms with Crippen LogP contribution in [-0.2, 0) is 6.54 Å². The molecule has 0 radical (unpaired) electrons. The van der Waals surface area contributed by atoms with Crippen molar-refractivity contribution in [3.8, 4) is 16.9 Å². The van der Waals surface area contributed by atoms with Gasteiger partial charge < -0.3 is 20.5 Å². The second-order valence-electron chi connectivity index (χ2n) is 6.14. The number of hydrogen-bond donors (Lipinski definition) is 3. The summed E-state index contributed by atoms with van der Waals surface area (Å²) in [5.41, 5.74) is 1.56. The summed E-state index contributed by atoms with van der Waals surface area (Å²) in [6.07, 6.45) is 2.57. The molecule has 1 aromatic carbocycles. The third kappa shape index (κ3) is 4.07. The molecule has 0 atom stereocenters. The normalized spacial score (nSPS) is 15.4. The number of thiophene rings is 1. The second-order valence-corrected chi connectivity index (χ2v) is 7.14. The molecule has 1 fully saturated rings. The van der Waals surface area contributed by atoms with E-state index < -0.39 is 5.60 Å². The Morgan fingerprint density at radius 2 is 2.00 bits per heavy atom. The molecule has 1 heterocycles. The molecule has 5 nitrogen and oxygen atoms in total. The van der Waals surface area contributed by atoms with Crippen molar-refractivity contribution in [1.29, 1.82) is 0 Å². The third-order valence-corrected chi connectivity index (χ3v) is 5.30. The lowest BCUT2D eigenvalue weighted by Gasteiger charge is -2.36. The molecule has 1 aromatic heterocycles. The fourth-order valence-electron chi connectivity index (χ4n) is 2.64. The summed E-state index contributed by atoms with van der Waals surface area (Å²) in [5, 5.41) is 17.6. The van der Waals surface area contributed by atoms with Gasteiger partial charge in [0.15, 0.2) is 0 Å². The molecule has 0 spiro atoms. The molecule has 24 heavy (non-hydrogen) atoms. The van der Waals surface area contributed by atoms with Crippen LogP contribution in [-0.4, -0.2) is 30.4 Å². The van der Waals surface area contributed by atoms with Crippen LogP contribution in [0.15, 0.2) is 35.7 Å². The number of nitrogens with one attached hydrogen (secondary N) is 2. The van der Waals surface area contributed by atoms with Crippen molar-refractivity contribution in [1.82, 2.24) is 10.6 Å². The lowest BCUT2D eigenvalue weighted by atomic mass is 9.80. The van der Waals surface area contributed by atoms with Crippen molar-refractivity contribution >= 4 is 17.4 Å². The Hall–Kier alpha value is -2.05. The van der Waals surface area contributed by atoms with E-state index >= 15 is 0 Å². The Morgan fingerprint density at radius 1 is 1.25 bits per heavy atom. The van der Waals surface area contributed by atoms with E-state index in [4.69, 9.17) is 4.74 Å². The molecule has 1 aliphatic rings. The standard InChI is InChI=1S/C18H22N2O3S/c1-23-15-5-3-13(4-6-15)14-9-16(24-11-14)10-19-17(21)20-12-18(22)7-2-8-18/h3-6,9,11,22H,2,7-8,10,12H2,1H3,(H2,19,20,21). The largest absolute Gasteiger partial charge is 0.497 e. The molecular formula is C18H22N2O3S. The number of urea groups is 1. The highest BCUT2D eigenvalue weighted by molar-refractivity contribution is 7.10. The first kappa shape index (κ1) is 16.8. The minimum atomic E-state index is -0.693. The van der Waals surface area contributed by atoms with Gasteiger partial charge in [0.1, 0.15) is 5.75 Å². The summed E-state index contributed by atoms with van der Waals surface area (Å²) < 4.78 is 5.16. The topological polar surface area (TPSA) is 70.6 Å². The zero-order valence-corrected chi connectivity index (χ0v) is 14.5. The van der Waals surface area contributed by atoms with Crippen molar-refractivity contribution in [2.75, 3.05) is 13.7 Å². The lowest BCUT2D eigenvalue weighted by molar-refractivity contribution is -0.0290. The van der Waals surface area contributed by atoms with Crippen LogP contribution in [0.1, 0.15) is 24.1 Å². The minimum absolute atomic E-state index is 0.241. The van der Waals surface area contributed by atoms with Gasteiger partial charge >= 0.3 is 6.03 Å². The fraction of sp³-hybridized carbons (Fsp3) is 0.389. The maximum Gasteiger partial charge on any atom is 0.315 e. The van der Waals surface area contributed by atoms with Gasteiger partial charge in [-0.05, 0) is 54.0 Å². The Morgan fingerprint density at radius 3 is 2.62 bits per heavy atom. The fourth-order valence-corrected chi connectivity index (χ4v) is 3.48. The lowest BCUT2D eigenvalue weighted by Crippen LogP contribution is -2.49. The number of hydrogen-bond acceptors (Lipinski definition) is 4. The number of carbonyl (C=O) groups is 1. The van der Waals surface area contributed by atoms with E-state index in [0.29, 0.717) is 13.1 Å². The highest BCUT2D eigenvalue weighted by Crippen LogP contribution is 2.30. The molecule has 1 saturated carbocycles. The number of amides is 2. The zero-order valence-electron chi connectivity index (χ0n) is 13.7. The number of carbonyl (C=O) groups excluding carboxylic acids is 1. The van der Waals surface area contributed by atoms with Crippen LogP contribution in [0.3, 0.4) is 0 Å². The monoisotopic (exact) mass is 346 g/mol. The molecule has 0 bridgehead atoms. The van der Waals surface area contributed by atoms with Gasteiger partial charge in [-0.2, -0.15) is 0 Å². The third-order valence-electron chi connectivity index (χ3n) is 4.36. The average molecular weight is 346 g/mol. The van der Waals surface area contributed by atoms with Crippen molar-refractivity contribution in [2.45, 2.75) is 31.4 Å². The molecule has 0 aliphatic heterocycles. The molecule has 2 aromatic rings. The number of aliphatic hydroxyl groups is 1. The number of benzene rings is 1. The summed E-state index contributed by atoms with van der Waals surface area (Å²) in [5.74, 6) is 0.834. The Labute approximate surface area is 145 Å². The van der Waals surface area contributed by atoms with E-state index in [0.717, 1.165) is 41.0 Å². The first-order valence-corrected chi connectivity index (χ1v) is 8.92. The maximum absolute atomic E-state index is 11.8. The molecule has 3 N–H and O–H groups in total. The Bertz CT molecular complexity index is 693. The van der Waals surface area contributed by atoms with Gasteiger partial charge in [-0.1, -0.05) is 12.1 Å². The molecule has 128 valence electrons. The molecule has 2 amide bonds. The van der Waals surface area contributed by atoms with Crippen LogP contribution < -0.4 is 15.4 Å². The molecule has 3 rings (SSSR count). The molecule has 0 saturated heterocycles. The maximum atomic E-state index is 11.8. The van der Waals surface area contributed by atoms with E-state index in [9.17, 15) is 9.90 Å². The van der Waals surface area contributed by atoms with Crippen molar-refractivity contribution in [3.05, 3.63) is 40.6 Å². The van der Waals surface area contributed by atoms with Gasteiger partial charge in [0.05, 0.1) is 19.3 Å². The van der Waals surface area contributed by atoms with Gasteiger partial charge in [-0.25, -0.2) is 4.79 Å².